The molecule has 1 saturated heterocycles. The third kappa shape index (κ3) is 3.27. The average Bonchev–Trinajstić information content (AvgIpc) is 2.77. The summed E-state index contributed by atoms with van der Waals surface area (Å²) < 4.78 is 18.3. The van der Waals surface area contributed by atoms with Crippen molar-refractivity contribution in [2.24, 2.45) is 0 Å². The predicted molar refractivity (Wildman–Crippen MR) is 61.5 cm³/mol. The number of hydrogen-bond acceptors (Lipinski definition) is 2. The van der Waals surface area contributed by atoms with Crippen molar-refractivity contribution >= 4 is 5.91 Å². The molecule has 3 nitrogen and oxygen atoms in total. The van der Waals surface area contributed by atoms with Crippen molar-refractivity contribution in [3.05, 3.63) is 42.6 Å². The lowest BCUT2D eigenvalue weighted by molar-refractivity contribution is -0.125. The van der Waals surface area contributed by atoms with Gasteiger partial charge in [0.15, 0.2) is 0 Å². The Balaban J connectivity index is 1.80. The van der Waals surface area contributed by atoms with E-state index < -0.39 is 0 Å². The Hall–Kier alpha value is -1.42. The molecule has 1 unspecified atom stereocenters. The van der Waals surface area contributed by atoms with E-state index in [1.54, 1.807) is 17.0 Å². The van der Waals surface area contributed by atoms with Crippen LogP contribution in [0.15, 0.2) is 24.3 Å². The van der Waals surface area contributed by atoms with E-state index in [-0.39, 0.29) is 17.8 Å². The molecule has 1 aromatic carbocycles. The molecule has 0 spiro atoms. The second kappa shape index (κ2) is 5.27. The smallest absolute Gasteiger partial charge is 0.223 e. The van der Waals surface area contributed by atoms with E-state index in [0.29, 0.717) is 19.7 Å². The molecule has 1 amide bonds. The maximum Gasteiger partial charge on any atom is 0.223 e. The zero-order valence-corrected chi connectivity index (χ0v) is 9.56. The van der Waals surface area contributed by atoms with Crippen molar-refractivity contribution in [3.8, 4) is 0 Å². The maximum absolute atomic E-state index is 12.7. The molecule has 0 bridgehead atoms. The van der Waals surface area contributed by atoms with Crippen LogP contribution in [0.5, 0.6) is 0 Å². The number of likely N-dealkylation sites (tertiary alicyclic amines) is 1. The lowest BCUT2D eigenvalue weighted by atomic mass is 10.2. The summed E-state index contributed by atoms with van der Waals surface area (Å²) in [5, 5.41) is 0. The molecular weight excluding hydrogens is 221 g/mol. The van der Waals surface area contributed by atoms with Crippen LogP contribution in [0.1, 0.15) is 12.0 Å². The van der Waals surface area contributed by atoms with Crippen molar-refractivity contribution in [2.45, 2.75) is 19.1 Å². The van der Waals surface area contributed by atoms with E-state index in [1.165, 1.54) is 12.1 Å². The molecule has 4 heteroatoms. The van der Waals surface area contributed by atoms with Crippen molar-refractivity contribution in [3.63, 3.8) is 0 Å². The number of ether oxygens (including phenoxy) is 1. The van der Waals surface area contributed by atoms with Crippen LogP contribution in [0.3, 0.4) is 0 Å². The zero-order valence-electron chi connectivity index (χ0n) is 9.56. The zero-order chi connectivity index (χ0) is 12.3. The van der Waals surface area contributed by atoms with Crippen molar-refractivity contribution in [1.29, 1.82) is 0 Å². The minimum Gasteiger partial charge on any atom is -0.372 e. The van der Waals surface area contributed by atoms with E-state index in [2.05, 4.69) is 6.92 Å². The lowest BCUT2D eigenvalue weighted by Crippen LogP contribution is -2.27. The van der Waals surface area contributed by atoms with E-state index >= 15 is 0 Å². The lowest BCUT2D eigenvalue weighted by Gasteiger charge is -2.14. The second-order valence-corrected chi connectivity index (χ2v) is 4.19. The van der Waals surface area contributed by atoms with Gasteiger partial charge in [0.25, 0.3) is 0 Å². The molecule has 1 aromatic rings. The van der Waals surface area contributed by atoms with Crippen LogP contribution in [-0.4, -0.2) is 30.0 Å². The highest BCUT2D eigenvalue weighted by atomic mass is 19.1. The highest BCUT2D eigenvalue weighted by Crippen LogP contribution is 2.14. The first-order valence-corrected chi connectivity index (χ1v) is 5.62. The average molecular weight is 236 g/mol. The Kier molecular flexibility index (Phi) is 3.74. The SMILES string of the molecule is [CH2]C(=O)N1CCC(OCc2ccc(F)cc2)C1. The summed E-state index contributed by atoms with van der Waals surface area (Å²) >= 11 is 0. The molecule has 0 aromatic heterocycles. The molecule has 91 valence electrons. The predicted octanol–water partition coefficient (Wildman–Crippen LogP) is 1.78. The van der Waals surface area contributed by atoms with Gasteiger partial charge in [0.2, 0.25) is 5.91 Å². The van der Waals surface area contributed by atoms with Crippen LogP contribution in [0.4, 0.5) is 4.39 Å². The molecule has 17 heavy (non-hydrogen) atoms. The Labute approximate surface area is 100 Å². The number of carbonyl (C=O) groups is 1. The number of benzene rings is 1. The molecule has 0 N–H and O–H groups in total. The first-order valence-electron chi connectivity index (χ1n) is 5.62. The molecule has 1 fully saturated rings. The van der Waals surface area contributed by atoms with Gasteiger partial charge in [-0.15, -0.1) is 0 Å². The number of halogens is 1. The third-order valence-electron chi connectivity index (χ3n) is 2.90. The summed E-state index contributed by atoms with van der Waals surface area (Å²) in [7, 11) is 0. The third-order valence-corrected chi connectivity index (χ3v) is 2.90. The van der Waals surface area contributed by atoms with Crippen LogP contribution in [0, 0.1) is 12.7 Å². The Morgan fingerprint density at radius 1 is 1.47 bits per heavy atom. The Bertz CT molecular complexity index is 391. The minimum absolute atomic E-state index is 0.0609. The van der Waals surface area contributed by atoms with Crippen LogP contribution >= 0.6 is 0 Å². The van der Waals surface area contributed by atoms with Crippen molar-refractivity contribution in [2.75, 3.05) is 13.1 Å². The second-order valence-electron chi connectivity index (χ2n) is 4.19. The molecule has 1 radical (unpaired) electrons. The topological polar surface area (TPSA) is 29.5 Å². The van der Waals surface area contributed by atoms with Crippen molar-refractivity contribution in [1.82, 2.24) is 4.90 Å². The minimum atomic E-state index is -0.247. The molecule has 1 heterocycles. The van der Waals surface area contributed by atoms with Gasteiger partial charge >= 0.3 is 0 Å². The van der Waals surface area contributed by atoms with Crippen LogP contribution < -0.4 is 0 Å². The van der Waals surface area contributed by atoms with Gasteiger partial charge < -0.3 is 9.64 Å². The van der Waals surface area contributed by atoms with Gasteiger partial charge in [-0.1, -0.05) is 12.1 Å². The molecule has 2 rings (SSSR count). The summed E-state index contributed by atoms with van der Waals surface area (Å²) in [5.74, 6) is -0.402. The fourth-order valence-corrected chi connectivity index (χ4v) is 1.89. The van der Waals surface area contributed by atoms with E-state index in [9.17, 15) is 9.18 Å². The molecular formula is C13H15FNO2. The first-order chi connectivity index (χ1) is 8.15. The fraction of sp³-hybridized carbons (Fsp3) is 0.385. The number of rotatable bonds is 3. The summed E-state index contributed by atoms with van der Waals surface area (Å²) in [4.78, 5) is 12.7. The van der Waals surface area contributed by atoms with Gasteiger partial charge in [0.05, 0.1) is 12.7 Å². The summed E-state index contributed by atoms with van der Waals surface area (Å²) in [6, 6.07) is 6.24. The standard InChI is InChI=1S/C13H15FNO2/c1-10(16)15-7-6-13(8-15)17-9-11-2-4-12(14)5-3-11/h2-5,13H,1,6-9H2. The van der Waals surface area contributed by atoms with Gasteiger partial charge in [-0.25, -0.2) is 4.39 Å². The van der Waals surface area contributed by atoms with Gasteiger partial charge in [0, 0.05) is 20.0 Å². The van der Waals surface area contributed by atoms with Crippen LogP contribution in [0.2, 0.25) is 0 Å². The van der Waals surface area contributed by atoms with Crippen LogP contribution in [0.25, 0.3) is 0 Å². The first kappa shape index (κ1) is 12.0. The number of carbonyl (C=O) groups excluding carboxylic acids is 1. The summed E-state index contributed by atoms with van der Waals surface area (Å²) in [6.07, 6.45) is 0.897. The van der Waals surface area contributed by atoms with Gasteiger partial charge in [-0.05, 0) is 24.1 Å². The van der Waals surface area contributed by atoms with E-state index in [0.717, 1.165) is 12.0 Å². The molecule has 1 aliphatic heterocycles. The van der Waals surface area contributed by atoms with Crippen LogP contribution in [-0.2, 0) is 16.1 Å². The molecule has 0 aliphatic carbocycles. The Morgan fingerprint density at radius 3 is 2.76 bits per heavy atom. The summed E-state index contributed by atoms with van der Waals surface area (Å²) in [6.45, 7) is 5.13. The molecule has 1 aliphatic rings. The monoisotopic (exact) mass is 236 g/mol. The molecule has 1 atom stereocenters. The van der Waals surface area contributed by atoms with Gasteiger partial charge in [0.1, 0.15) is 5.82 Å². The van der Waals surface area contributed by atoms with E-state index in [1.807, 2.05) is 0 Å². The molecule has 0 saturated carbocycles. The number of hydrogen-bond donors (Lipinski definition) is 0. The van der Waals surface area contributed by atoms with E-state index in [4.69, 9.17) is 4.74 Å². The van der Waals surface area contributed by atoms with Crippen molar-refractivity contribution < 1.29 is 13.9 Å². The van der Waals surface area contributed by atoms with Gasteiger partial charge in [-0.3, -0.25) is 4.79 Å². The summed E-state index contributed by atoms with van der Waals surface area (Å²) in [5.41, 5.74) is 0.936. The highest BCUT2D eigenvalue weighted by Gasteiger charge is 2.24. The fourth-order valence-electron chi connectivity index (χ4n) is 1.89. The Morgan fingerprint density at radius 2 is 2.18 bits per heavy atom. The largest absolute Gasteiger partial charge is 0.372 e. The number of amides is 1. The maximum atomic E-state index is 12.7. The number of nitrogens with zero attached hydrogens (tertiary/aromatic N) is 1. The quantitative estimate of drug-likeness (QED) is 0.800. The normalized spacial score (nSPS) is 19.6. The highest BCUT2D eigenvalue weighted by molar-refractivity contribution is 5.80. The van der Waals surface area contributed by atoms with Gasteiger partial charge in [-0.2, -0.15) is 0 Å².